The second-order valence-corrected chi connectivity index (χ2v) is 5.55. The maximum absolute atomic E-state index is 11.8. The van der Waals surface area contributed by atoms with Gasteiger partial charge in [-0.25, -0.2) is 10.1 Å². The lowest BCUT2D eigenvalue weighted by molar-refractivity contribution is 0.0631. The molecular formula is C13H18N2O4. The van der Waals surface area contributed by atoms with E-state index in [9.17, 15) is 9.59 Å². The molecule has 2 rings (SSSR count). The van der Waals surface area contributed by atoms with Crippen molar-refractivity contribution in [3.05, 3.63) is 11.5 Å². The van der Waals surface area contributed by atoms with Crippen LogP contribution in [0.1, 0.15) is 56.3 Å². The average Bonchev–Trinajstić information content (AvgIpc) is 2.57. The number of hydrogen-bond acceptors (Lipinski definition) is 5. The van der Waals surface area contributed by atoms with Crippen LogP contribution in [0.3, 0.4) is 0 Å². The summed E-state index contributed by atoms with van der Waals surface area (Å²) in [5, 5.41) is 2.41. The van der Waals surface area contributed by atoms with Gasteiger partial charge in [-0.15, -0.1) is 0 Å². The van der Waals surface area contributed by atoms with Gasteiger partial charge in [0.25, 0.3) is 0 Å². The first kappa shape index (κ1) is 13.6. The average molecular weight is 266 g/mol. The maximum Gasteiger partial charge on any atom is 0.415 e. The molecule has 0 bridgehead atoms. The van der Waals surface area contributed by atoms with Crippen LogP contribution in [0.4, 0.5) is 10.8 Å². The lowest BCUT2D eigenvalue weighted by atomic mass is 10.2. The van der Waals surface area contributed by atoms with E-state index in [4.69, 9.17) is 9.15 Å². The molecule has 1 aromatic heterocycles. The molecule has 1 amide bonds. The van der Waals surface area contributed by atoms with Crippen LogP contribution in [0.2, 0.25) is 0 Å². The van der Waals surface area contributed by atoms with Crippen molar-refractivity contribution in [2.75, 3.05) is 5.32 Å². The van der Waals surface area contributed by atoms with Crippen molar-refractivity contribution in [2.45, 2.75) is 52.1 Å². The second kappa shape index (κ2) is 5.03. The number of aromatic nitrogens is 1. The van der Waals surface area contributed by atoms with E-state index in [1.807, 2.05) is 0 Å². The lowest BCUT2D eigenvalue weighted by Crippen LogP contribution is -2.27. The van der Waals surface area contributed by atoms with Crippen LogP contribution in [0.15, 0.2) is 4.42 Å². The summed E-state index contributed by atoms with van der Waals surface area (Å²) < 4.78 is 10.5. The first-order valence-corrected chi connectivity index (χ1v) is 6.38. The summed E-state index contributed by atoms with van der Waals surface area (Å²) in [6, 6.07) is 0.0227. The summed E-state index contributed by atoms with van der Waals surface area (Å²) >= 11 is 0. The lowest BCUT2D eigenvalue weighted by Gasteiger charge is -2.18. The van der Waals surface area contributed by atoms with Gasteiger partial charge in [0.2, 0.25) is 0 Å². The summed E-state index contributed by atoms with van der Waals surface area (Å²) in [7, 11) is 0. The Kier molecular flexibility index (Phi) is 3.59. The van der Waals surface area contributed by atoms with Gasteiger partial charge in [-0.05, 0) is 33.6 Å². The molecule has 104 valence electrons. The first-order chi connectivity index (χ1) is 8.85. The Morgan fingerprint density at radius 3 is 2.68 bits per heavy atom. The molecular weight excluding hydrogens is 248 g/mol. The van der Waals surface area contributed by atoms with Crippen molar-refractivity contribution in [2.24, 2.45) is 0 Å². The zero-order valence-corrected chi connectivity index (χ0v) is 11.4. The molecule has 0 atom stereocenters. The molecule has 0 saturated heterocycles. The molecule has 6 nitrogen and oxygen atoms in total. The van der Waals surface area contributed by atoms with E-state index >= 15 is 0 Å². The number of fused-ring (bicyclic) bond motifs is 1. The fourth-order valence-electron chi connectivity index (χ4n) is 1.87. The summed E-state index contributed by atoms with van der Waals surface area (Å²) in [6.45, 7) is 5.29. The monoisotopic (exact) mass is 266 g/mol. The molecule has 0 spiro atoms. The van der Waals surface area contributed by atoms with Crippen molar-refractivity contribution in [3.63, 3.8) is 0 Å². The van der Waals surface area contributed by atoms with Crippen molar-refractivity contribution < 1.29 is 18.7 Å². The summed E-state index contributed by atoms with van der Waals surface area (Å²) in [5.74, 6) is 0.516. The number of nitrogens with zero attached hydrogens (tertiary/aromatic N) is 1. The number of anilines is 1. The van der Waals surface area contributed by atoms with Crippen LogP contribution in [0.5, 0.6) is 0 Å². The minimum absolute atomic E-state index is 0.0227. The minimum atomic E-state index is -0.642. The number of ether oxygens (including phenoxy) is 1. The molecule has 0 aromatic carbocycles. The Morgan fingerprint density at radius 1 is 1.32 bits per heavy atom. The number of Topliss-reactive ketones (excluding diaryl/α,β-unsaturated/α-hetero) is 1. The van der Waals surface area contributed by atoms with Gasteiger partial charge in [0.15, 0.2) is 5.78 Å². The van der Waals surface area contributed by atoms with Gasteiger partial charge < -0.3 is 9.15 Å². The van der Waals surface area contributed by atoms with E-state index < -0.39 is 11.7 Å². The molecule has 1 aliphatic rings. The Morgan fingerprint density at radius 2 is 2.00 bits per heavy atom. The van der Waals surface area contributed by atoms with Crippen molar-refractivity contribution in [1.29, 1.82) is 0 Å². The standard InChI is InChI=1S/C13H18N2O4/c1-13(2,3)19-12(17)15-11-14-10-8(16)6-4-5-7-9(10)18-11/h4-7H2,1-3H3,(H,14,15,17). The number of oxazole rings is 1. The maximum atomic E-state index is 11.8. The van der Waals surface area contributed by atoms with Crippen LogP contribution in [0.25, 0.3) is 0 Å². The van der Waals surface area contributed by atoms with Crippen LogP contribution >= 0.6 is 0 Å². The molecule has 1 heterocycles. The van der Waals surface area contributed by atoms with E-state index in [1.165, 1.54) is 0 Å². The highest BCUT2D eigenvalue weighted by molar-refractivity contribution is 5.96. The molecule has 0 aliphatic heterocycles. The largest absolute Gasteiger partial charge is 0.443 e. The number of amides is 1. The van der Waals surface area contributed by atoms with Gasteiger partial charge in [0.05, 0.1) is 0 Å². The Balaban J connectivity index is 2.09. The van der Waals surface area contributed by atoms with E-state index in [1.54, 1.807) is 20.8 Å². The molecule has 0 radical (unpaired) electrons. The number of carbonyl (C=O) groups is 2. The third kappa shape index (κ3) is 3.56. The van der Waals surface area contributed by atoms with Crippen molar-refractivity contribution in [1.82, 2.24) is 4.98 Å². The molecule has 0 saturated carbocycles. The summed E-state index contributed by atoms with van der Waals surface area (Å²) in [5.41, 5.74) is -0.257. The Bertz CT molecular complexity index is 499. The van der Waals surface area contributed by atoms with Crippen LogP contribution in [0, 0.1) is 0 Å². The SMILES string of the molecule is CC(C)(C)OC(=O)Nc1nc2c(o1)CCCCC2=O. The predicted molar refractivity (Wildman–Crippen MR) is 68.2 cm³/mol. The van der Waals surface area contributed by atoms with E-state index in [-0.39, 0.29) is 11.8 Å². The molecule has 6 heteroatoms. The molecule has 0 fully saturated rings. The smallest absolute Gasteiger partial charge is 0.415 e. The molecule has 1 N–H and O–H groups in total. The van der Waals surface area contributed by atoms with Crippen LogP contribution < -0.4 is 5.32 Å². The van der Waals surface area contributed by atoms with Gasteiger partial charge >= 0.3 is 12.1 Å². The molecule has 0 unspecified atom stereocenters. The number of hydrogen-bond donors (Lipinski definition) is 1. The predicted octanol–water partition coefficient (Wildman–Crippen LogP) is 2.93. The van der Waals surface area contributed by atoms with Crippen LogP contribution in [-0.4, -0.2) is 22.5 Å². The Labute approximate surface area is 111 Å². The van der Waals surface area contributed by atoms with Gasteiger partial charge in [0.1, 0.15) is 17.1 Å². The van der Waals surface area contributed by atoms with Gasteiger partial charge in [0, 0.05) is 12.8 Å². The fraction of sp³-hybridized carbons (Fsp3) is 0.615. The topological polar surface area (TPSA) is 81.4 Å². The number of rotatable bonds is 1. The van der Waals surface area contributed by atoms with E-state index in [0.29, 0.717) is 24.3 Å². The fourth-order valence-corrected chi connectivity index (χ4v) is 1.87. The third-order valence-corrected chi connectivity index (χ3v) is 2.63. The molecule has 19 heavy (non-hydrogen) atoms. The highest BCUT2D eigenvalue weighted by Gasteiger charge is 2.24. The number of carbonyl (C=O) groups excluding carboxylic acids is 2. The zero-order chi connectivity index (χ0) is 14.0. The zero-order valence-electron chi connectivity index (χ0n) is 11.4. The summed E-state index contributed by atoms with van der Waals surface area (Å²) in [4.78, 5) is 27.4. The number of aryl methyl sites for hydroxylation is 1. The van der Waals surface area contributed by atoms with E-state index in [0.717, 1.165) is 12.8 Å². The Hall–Kier alpha value is -1.85. The quantitative estimate of drug-likeness (QED) is 0.790. The van der Waals surface area contributed by atoms with Gasteiger partial charge in [-0.2, -0.15) is 4.98 Å². The highest BCUT2D eigenvalue weighted by atomic mass is 16.6. The van der Waals surface area contributed by atoms with E-state index in [2.05, 4.69) is 10.3 Å². The first-order valence-electron chi connectivity index (χ1n) is 6.38. The van der Waals surface area contributed by atoms with Gasteiger partial charge in [-0.1, -0.05) is 0 Å². The minimum Gasteiger partial charge on any atom is -0.443 e. The number of nitrogens with one attached hydrogen (secondary N) is 1. The molecule has 1 aromatic rings. The third-order valence-electron chi connectivity index (χ3n) is 2.63. The number of ketones is 1. The van der Waals surface area contributed by atoms with Gasteiger partial charge in [-0.3, -0.25) is 4.79 Å². The molecule has 1 aliphatic carbocycles. The highest BCUT2D eigenvalue weighted by Crippen LogP contribution is 2.23. The second-order valence-electron chi connectivity index (χ2n) is 5.55. The normalized spacial score (nSPS) is 15.6. The summed E-state index contributed by atoms with van der Waals surface area (Å²) in [6.07, 6.45) is 2.24. The van der Waals surface area contributed by atoms with Crippen molar-refractivity contribution >= 4 is 17.9 Å². The van der Waals surface area contributed by atoms with Crippen molar-refractivity contribution in [3.8, 4) is 0 Å². The van der Waals surface area contributed by atoms with Crippen LogP contribution in [-0.2, 0) is 11.2 Å².